The normalized spacial score (nSPS) is 11.9. The van der Waals surface area contributed by atoms with Crippen LogP contribution in [-0.4, -0.2) is 18.0 Å². The maximum absolute atomic E-state index is 12.9. The second kappa shape index (κ2) is 9.52. The average molecular weight is 413 g/mol. The van der Waals surface area contributed by atoms with Crippen molar-refractivity contribution in [1.82, 2.24) is 10.3 Å². The number of ether oxygens (including phenoxy) is 1. The Morgan fingerprint density at radius 3 is 2.48 bits per heavy atom. The molecule has 0 aliphatic carbocycles. The molecule has 0 saturated carbocycles. The highest BCUT2D eigenvalue weighted by atomic mass is 16.5. The number of benzene rings is 3. The number of carbonyl (C=O) groups excluding carboxylic acids is 1. The Balaban J connectivity index is 1.64. The van der Waals surface area contributed by atoms with Crippen molar-refractivity contribution >= 4 is 16.8 Å². The van der Waals surface area contributed by atoms with Gasteiger partial charge in [0.1, 0.15) is 5.75 Å². The highest BCUT2D eigenvalue weighted by molar-refractivity contribution is 5.88. The number of aromatic nitrogens is 1. The molecular weight excluding hydrogens is 384 g/mol. The topological polar surface area (TPSA) is 54.1 Å². The average Bonchev–Trinajstić information content (AvgIpc) is 3.26. The van der Waals surface area contributed by atoms with Gasteiger partial charge >= 0.3 is 0 Å². The van der Waals surface area contributed by atoms with Crippen molar-refractivity contribution in [3.63, 3.8) is 0 Å². The number of hydrogen-bond donors (Lipinski definition) is 2. The summed E-state index contributed by atoms with van der Waals surface area (Å²) in [6.07, 6.45) is 3.40. The largest absolute Gasteiger partial charge is 0.497 e. The summed E-state index contributed by atoms with van der Waals surface area (Å²) in [5.41, 5.74) is 5.77. The van der Waals surface area contributed by atoms with Crippen LogP contribution in [0.25, 0.3) is 10.9 Å². The molecular formula is C27H28N2O2. The zero-order valence-corrected chi connectivity index (χ0v) is 18.0. The van der Waals surface area contributed by atoms with Crippen LogP contribution in [0.2, 0.25) is 0 Å². The molecule has 4 nitrogen and oxygen atoms in total. The van der Waals surface area contributed by atoms with E-state index in [0.717, 1.165) is 34.4 Å². The number of rotatable bonds is 8. The molecule has 4 aromatic rings. The maximum Gasteiger partial charge on any atom is 0.221 e. The van der Waals surface area contributed by atoms with E-state index in [4.69, 9.17) is 4.74 Å². The zero-order chi connectivity index (χ0) is 21.6. The summed E-state index contributed by atoms with van der Waals surface area (Å²) in [5, 5.41) is 4.26. The number of carbonyl (C=O) groups is 1. The summed E-state index contributed by atoms with van der Waals surface area (Å²) in [7, 11) is 1.66. The molecule has 1 aromatic heterocycles. The van der Waals surface area contributed by atoms with Gasteiger partial charge in [-0.1, -0.05) is 67.6 Å². The first kappa shape index (κ1) is 20.7. The van der Waals surface area contributed by atoms with Crippen LogP contribution in [0.4, 0.5) is 0 Å². The number of amides is 1. The van der Waals surface area contributed by atoms with Gasteiger partial charge in [0.05, 0.1) is 7.11 Å². The molecule has 4 heteroatoms. The first-order valence-electron chi connectivity index (χ1n) is 10.7. The molecule has 0 aliphatic heterocycles. The standard InChI is InChI=1S/C27H28N2O2/c1-3-20-10-7-11-23-25(18-29-27(20)23)24(21-12-14-22(31-2)15-13-21)16-26(30)28-17-19-8-5-4-6-9-19/h4-15,18,24,29H,3,16-17H2,1-2H3,(H,28,30). The number of methoxy groups -OCH3 is 1. The van der Waals surface area contributed by atoms with Gasteiger partial charge in [-0.2, -0.15) is 0 Å². The molecule has 1 heterocycles. The molecule has 1 amide bonds. The minimum atomic E-state index is -0.0532. The van der Waals surface area contributed by atoms with E-state index in [1.807, 2.05) is 42.5 Å². The summed E-state index contributed by atoms with van der Waals surface area (Å²) in [4.78, 5) is 16.4. The predicted octanol–water partition coefficient (Wildman–Crippen LogP) is 5.58. The van der Waals surface area contributed by atoms with Crippen molar-refractivity contribution in [3.05, 3.63) is 101 Å². The highest BCUT2D eigenvalue weighted by Gasteiger charge is 2.22. The Bertz CT molecular complexity index is 1150. The lowest BCUT2D eigenvalue weighted by molar-refractivity contribution is -0.121. The van der Waals surface area contributed by atoms with Crippen molar-refractivity contribution in [3.8, 4) is 5.75 Å². The summed E-state index contributed by atoms with van der Waals surface area (Å²) in [5.74, 6) is 0.788. The fourth-order valence-electron chi connectivity index (χ4n) is 4.12. The number of para-hydroxylation sites is 1. The molecule has 31 heavy (non-hydrogen) atoms. The molecule has 0 saturated heterocycles. The lowest BCUT2D eigenvalue weighted by atomic mass is 9.87. The van der Waals surface area contributed by atoms with E-state index in [9.17, 15) is 4.79 Å². The van der Waals surface area contributed by atoms with Crippen molar-refractivity contribution in [1.29, 1.82) is 0 Å². The van der Waals surface area contributed by atoms with Gasteiger partial charge in [0.15, 0.2) is 0 Å². The summed E-state index contributed by atoms with van der Waals surface area (Å²) in [6, 6.07) is 24.4. The quantitative estimate of drug-likeness (QED) is 0.397. The van der Waals surface area contributed by atoms with Crippen molar-refractivity contribution in [2.75, 3.05) is 7.11 Å². The van der Waals surface area contributed by atoms with Crippen LogP contribution < -0.4 is 10.1 Å². The van der Waals surface area contributed by atoms with E-state index < -0.39 is 0 Å². The third-order valence-corrected chi connectivity index (χ3v) is 5.83. The van der Waals surface area contributed by atoms with Crippen molar-refractivity contribution < 1.29 is 9.53 Å². The second-order valence-electron chi connectivity index (χ2n) is 7.73. The third kappa shape index (κ3) is 4.64. The van der Waals surface area contributed by atoms with Crippen molar-refractivity contribution in [2.24, 2.45) is 0 Å². The van der Waals surface area contributed by atoms with E-state index in [2.05, 4.69) is 53.8 Å². The number of fused-ring (bicyclic) bond motifs is 1. The Morgan fingerprint density at radius 2 is 1.77 bits per heavy atom. The predicted molar refractivity (Wildman–Crippen MR) is 125 cm³/mol. The minimum absolute atomic E-state index is 0.0330. The van der Waals surface area contributed by atoms with Gasteiger partial charge in [0, 0.05) is 36.0 Å². The number of nitrogens with one attached hydrogen (secondary N) is 2. The molecule has 1 unspecified atom stereocenters. The van der Waals surface area contributed by atoms with Crippen LogP contribution >= 0.6 is 0 Å². The molecule has 0 spiro atoms. The molecule has 3 aromatic carbocycles. The Kier molecular flexibility index (Phi) is 6.37. The second-order valence-corrected chi connectivity index (χ2v) is 7.73. The van der Waals surface area contributed by atoms with Crippen LogP contribution in [-0.2, 0) is 17.8 Å². The SMILES string of the molecule is CCc1cccc2c(C(CC(=O)NCc3ccccc3)c3ccc(OC)cc3)c[nH]c12. The van der Waals surface area contributed by atoms with Crippen LogP contribution in [0.3, 0.4) is 0 Å². The van der Waals surface area contributed by atoms with Gasteiger partial charge in [-0.05, 0) is 40.8 Å². The number of aryl methyl sites for hydroxylation is 1. The molecule has 0 bridgehead atoms. The lowest BCUT2D eigenvalue weighted by Gasteiger charge is -2.18. The summed E-state index contributed by atoms with van der Waals surface area (Å²) >= 11 is 0. The number of H-pyrrole nitrogens is 1. The Hall–Kier alpha value is -3.53. The highest BCUT2D eigenvalue weighted by Crippen LogP contribution is 2.35. The third-order valence-electron chi connectivity index (χ3n) is 5.83. The molecule has 1 atom stereocenters. The first-order chi connectivity index (χ1) is 15.2. The molecule has 0 fully saturated rings. The van der Waals surface area contributed by atoms with Gasteiger partial charge in [0.25, 0.3) is 0 Å². The molecule has 0 radical (unpaired) electrons. The van der Waals surface area contributed by atoms with Crippen LogP contribution in [0.5, 0.6) is 5.75 Å². The maximum atomic E-state index is 12.9. The van der Waals surface area contributed by atoms with Crippen molar-refractivity contribution in [2.45, 2.75) is 32.2 Å². The monoisotopic (exact) mass is 412 g/mol. The van der Waals surface area contributed by atoms with E-state index >= 15 is 0 Å². The summed E-state index contributed by atoms with van der Waals surface area (Å²) < 4.78 is 5.32. The van der Waals surface area contributed by atoms with E-state index in [0.29, 0.717) is 13.0 Å². The van der Waals surface area contributed by atoms with Crippen LogP contribution in [0.1, 0.15) is 41.5 Å². The number of aromatic amines is 1. The zero-order valence-electron chi connectivity index (χ0n) is 18.0. The molecule has 2 N–H and O–H groups in total. The fraction of sp³-hybridized carbons (Fsp3) is 0.222. The molecule has 0 aliphatic rings. The Morgan fingerprint density at radius 1 is 1.00 bits per heavy atom. The van der Waals surface area contributed by atoms with Gasteiger partial charge in [-0.25, -0.2) is 0 Å². The van der Waals surface area contributed by atoms with Crippen LogP contribution in [0.15, 0.2) is 79.0 Å². The minimum Gasteiger partial charge on any atom is -0.497 e. The summed E-state index contributed by atoms with van der Waals surface area (Å²) in [6.45, 7) is 2.69. The fourth-order valence-corrected chi connectivity index (χ4v) is 4.12. The van der Waals surface area contributed by atoms with E-state index in [-0.39, 0.29) is 11.8 Å². The van der Waals surface area contributed by atoms with Gasteiger partial charge in [-0.15, -0.1) is 0 Å². The Labute approximate surface area is 183 Å². The van der Waals surface area contributed by atoms with Gasteiger partial charge in [0.2, 0.25) is 5.91 Å². The van der Waals surface area contributed by atoms with Crippen LogP contribution in [0, 0.1) is 0 Å². The number of hydrogen-bond acceptors (Lipinski definition) is 2. The van der Waals surface area contributed by atoms with E-state index in [1.54, 1.807) is 7.11 Å². The molecule has 158 valence electrons. The van der Waals surface area contributed by atoms with Gasteiger partial charge in [-0.3, -0.25) is 4.79 Å². The smallest absolute Gasteiger partial charge is 0.221 e. The lowest BCUT2D eigenvalue weighted by Crippen LogP contribution is -2.25. The first-order valence-corrected chi connectivity index (χ1v) is 10.7. The van der Waals surface area contributed by atoms with E-state index in [1.165, 1.54) is 10.9 Å². The van der Waals surface area contributed by atoms with Gasteiger partial charge < -0.3 is 15.0 Å². The molecule has 4 rings (SSSR count).